The smallest absolute Gasteiger partial charge is 0.191 e. The van der Waals surface area contributed by atoms with Crippen LogP contribution in [0.1, 0.15) is 18.1 Å². The number of aromatic nitrogens is 1. The number of rotatable bonds is 7. The Bertz CT molecular complexity index is 486. The van der Waals surface area contributed by atoms with Crippen molar-refractivity contribution in [2.75, 3.05) is 52.5 Å². The van der Waals surface area contributed by atoms with Gasteiger partial charge in [0.25, 0.3) is 0 Å². The van der Waals surface area contributed by atoms with Crippen molar-refractivity contribution < 1.29 is 4.74 Å². The number of nitrogens with zero attached hydrogens (tertiary/aromatic N) is 3. The minimum absolute atomic E-state index is 0.809. The SMILES string of the molecule is CCNC(=NCCN1CCOCC1)NCCc1ccncc1C. The molecule has 0 spiro atoms. The van der Waals surface area contributed by atoms with Crippen LogP contribution in [0.3, 0.4) is 0 Å². The highest BCUT2D eigenvalue weighted by Gasteiger charge is 2.09. The van der Waals surface area contributed by atoms with E-state index in [2.05, 4.69) is 45.4 Å². The minimum atomic E-state index is 0.809. The summed E-state index contributed by atoms with van der Waals surface area (Å²) >= 11 is 0. The molecule has 2 heterocycles. The zero-order valence-electron chi connectivity index (χ0n) is 14.3. The van der Waals surface area contributed by atoms with E-state index in [0.29, 0.717) is 0 Å². The highest BCUT2D eigenvalue weighted by molar-refractivity contribution is 5.79. The number of pyridine rings is 1. The third kappa shape index (κ3) is 6.54. The predicted octanol–water partition coefficient (Wildman–Crippen LogP) is 0.820. The van der Waals surface area contributed by atoms with Gasteiger partial charge < -0.3 is 15.4 Å². The van der Waals surface area contributed by atoms with E-state index in [9.17, 15) is 0 Å². The van der Waals surface area contributed by atoms with Gasteiger partial charge in [0.2, 0.25) is 0 Å². The Morgan fingerprint density at radius 2 is 2.17 bits per heavy atom. The standard InChI is InChI=1S/C17H29N5O/c1-3-19-17(21-8-9-22-10-12-23-13-11-22)20-7-5-16-4-6-18-14-15(16)2/h4,6,14H,3,5,7-13H2,1-2H3,(H2,19,20,21). The van der Waals surface area contributed by atoms with E-state index in [-0.39, 0.29) is 0 Å². The Kier molecular flexibility index (Phi) is 7.83. The molecule has 1 aromatic heterocycles. The van der Waals surface area contributed by atoms with Crippen LogP contribution in [0.4, 0.5) is 0 Å². The molecule has 6 nitrogen and oxygen atoms in total. The molecule has 0 amide bonds. The zero-order valence-corrected chi connectivity index (χ0v) is 14.3. The maximum absolute atomic E-state index is 5.36. The van der Waals surface area contributed by atoms with Gasteiger partial charge in [-0.25, -0.2) is 0 Å². The lowest BCUT2D eigenvalue weighted by Gasteiger charge is -2.25. The van der Waals surface area contributed by atoms with Crippen molar-refractivity contribution in [2.24, 2.45) is 4.99 Å². The second kappa shape index (κ2) is 10.2. The van der Waals surface area contributed by atoms with E-state index in [0.717, 1.165) is 64.9 Å². The van der Waals surface area contributed by atoms with Gasteiger partial charge in [0, 0.05) is 45.1 Å². The van der Waals surface area contributed by atoms with Crippen molar-refractivity contribution in [3.8, 4) is 0 Å². The minimum Gasteiger partial charge on any atom is -0.379 e. The molecule has 23 heavy (non-hydrogen) atoms. The molecule has 0 bridgehead atoms. The Morgan fingerprint density at radius 1 is 1.35 bits per heavy atom. The second-order valence-electron chi connectivity index (χ2n) is 5.69. The van der Waals surface area contributed by atoms with Crippen molar-refractivity contribution >= 4 is 5.96 Å². The van der Waals surface area contributed by atoms with E-state index in [1.807, 2.05) is 12.4 Å². The quantitative estimate of drug-likeness (QED) is 0.575. The molecule has 0 saturated carbocycles. The summed E-state index contributed by atoms with van der Waals surface area (Å²) in [6.45, 7) is 11.4. The highest BCUT2D eigenvalue weighted by Crippen LogP contribution is 2.04. The summed E-state index contributed by atoms with van der Waals surface area (Å²) in [5, 5.41) is 6.71. The molecule has 1 aliphatic heterocycles. The van der Waals surface area contributed by atoms with E-state index < -0.39 is 0 Å². The Hall–Kier alpha value is -1.66. The molecule has 1 saturated heterocycles. The fraction of sp³-hybridized carbons (Fsp3) is 0.647. The number of morpholine rings is 1. The van der Waals surface area contributed by atoms with Crippen LogP contribution in [0.5, 0.6) is 0 Å². The number of ether oxygens (including phenoxy) is 1. The number of hydrogen-bond acceptors (Lipinski definition) is 4. The lowest BCUT2D eigenvalue weighted by Crippen LogP contribution is -2.40. The average Bonchev–Trinajstić information content (AvgIpc) is 2.57. The molecular formula is C17H29N5O. The molecule has 2 N–H and O–H groups in total. The van der Waals surface area contributed by atoms with Crippen molar-refractivity contribution in [3.63, 3.8) is 0 Å². The molecule has 128 valence electrons. The van der Waals surface area contributed by atoms with Crippen LogP contribution < -0.4 is 10.6 Å². The van der Waals surface area contributed by atoms with Crippen LogP contribution in [0.15, 0.2) is 23.5 Å². The Morgan fingerprint density at radius 3 is 2.91 bits per heavy atom. The summed E-state index contributed by atoms with van der Waals surface area (Å²) < 4.78 is 5.36. The third-order valence-corrected chi connectivity index (χ3v) is 3.96. The van der Waals surface area contributed by atoms with Gasteiger partial charge in [-0.05, 0) is 37.5 Å². The number of aliphatic imine (C=N–C) groups is 1. The van der Waals surface area contributed by atoms with Gasteiger partial charge in [0.05, 0.1) is 19.8 Å². The molecule has 6 heteroatoms. The van der Waals surface area contributed by atoms with Crippen LogP contribution in [0.2, 0.25) is 0 Å². The van der Waals surface area contributed by atoms with Crippen LogP contribution in [0, 0.1) is 6.92 Å². The van der Waals surface area contributed by atoms with Gasteiger partial charge >= 0.3 is 0 Å². The average molecular weight is 319 g/mol. The van der Waals surface area contributed by atoms with Gasteiger partial charge in [0.1, 0.15) is 0 Å². The second-order valence-corrected chi connectivity index (χ2v) is 5.69. The maximum Gasteiger partial charge on any atom is 0.191 e. The molecule has 0 radical (unpaired) electrons. The first-order valence-corrected chi connectivity index (χ1v) is 8.51. The monoisotopic (exact) mass is 319 g/mol. The van der Waals surface area contributed by atoms with Crippen LogP contribution >= 0.6 is 0 Å². The van der Waals surface area contributed by atoms with E-state index in [1.165, 1.54) is 11.1 Å². The lowest BCUT2D eigenvalue weighted by atomic mass is 10.1. The molecule has 0 atom stereocenters. The maximum atomic E-state index is 5.36. The van der Waals surface area contributed by atoms with E-state index in [4.69, 9.17) is 4.74 Å². The largest absolute Gasteiger partial charge is 0.379 e. The molecule has 2 rings (SSSR count). The first kappa shape index (κ1) is 17.7. The number of aryl methyl sites for hydroxylation is 1. The molecule has 1 aliphatic rings. The zero-order chi connectivity index (χ0) is 16.3. The first-order chi connectivity index (χ1) is 11.3. The van der Waals surface area contributed by atoms with Gasteiger partial charge in [-0.15, -0.1) is 0 Å². The van der Waals surface area contributed by atoms with Gasteiger partial charge in [-0.2, -0.15) is 0 Å². The Balaban J connectivity index is 1.73. The van der Waals surface area contributed by atoms with E-state index in [1.54, 1.807) is 0 Å². The summed E-state index contributed by atoms with van der Waals surface area (Å²) in [5.74, 6) is 0.896. The fourth-order valence-corrected chi connectivity index (χ4v) is 2.57. The summed E-state index contributed by atoms with van der Waals surface area (Å²) in [7, 11) is 0. The highest BCUT2D eigenvalue weighted by atomic mass is 16.5. The number of hydrogen-bond donors (Lipinski definition) is 2. The molecule has 1 fully saturated rings. The van der Waals surface area contributed by atoms with Crippen LogP contribution in [-0.4, -0.2) is 68.3 Å². The van der Waals surface area contributed by atoms with Crippen LogP contribution in [-0.2, 0) is 11.2 Å². The number of nitrogens with one attached hydrogen (secondary N) is 2. The molecule has 0 aliphatic carbocycles. The topological polar surface area (TPSA) is 61.8 Å². The summed E-state index contributed by atoms with van der Waals surface area (Å²) in [4.78, 5) is 11.2. The summed E-state index contributed by atoms with van der Waals surface area (Å²) in [6, 6.07) is 2.08. The van der Waals surface area contributed by atoms with Gasteiger partial charge in [-0.1, -0.05) is 0 Å². The predicted molar refractivity (Wildman–Crippen MR) is 93.9 cm³/mol. The van der Waals surface area contributed by atoms with Crippen molar-refractivity contribution in [2.45, 2.75) is 20.3 Å². The van der Waals surface area contributed by atoms with E-state index >= 15 is 0 Å². The third-order valence-electron chi connectivity index (χ3n) is 3.96. The summed E-state index contributed by atoms with van der Waals surface area (Å²) in [6.07, 6.45) is 4.74. The summed E-state index contributed by atoms with van der Waals surface area (Å²) in [5.41, 5.74) is 2.57. The van der Waals surface area contributed by atoms with Crippen molar-refractivity contribution in [1.29, 1.82) is 0 Å². The molecule has 1 aromatic rings. The fourth-order valence-electron chi connectivity index (χ4n) is 2.57. The van der Waals surface area contributed by atoms with Crippen molar-refractivity contribution in [3.05, 3.63) is 29.6 Å². The van der Waals surface area contributed by atoms with Crippen LogP contribution in [0.25, 0.3) is 0 Å². The molecule has 0 unspecified atom stereocenters. The molecular weight excluding hydrogens is 290 g/mol. The first-order valence-electron chi connectivity index (χ1n) is 8.51. The Labute approximate surface area is 139 Å². The lowest BCUT2D eigenvalue weighted by molar-refractivity contribution is 0.0394. The number of guanidine groups is 1. The van der Waals surface area contributed by atoms with Gasteiger partial charge in [0.15, 0.2) is 5.96 Å². The molecule has 0 aromatic carbocycles. The van der Waals surface area contributed by atoms with Gasteiger partial charge in [-0.3, -0.25) is 14.9 Å². The van der Waals surface area contributed by atoms with Crippen molar-refractivity contribution in [1.82, 2.24) is 20.5 Å². The normalized spacial score (nSPS) is 16.3.